The smallest absolute Gasteiger partial charge is 0.414 e. The fraction of sp³-hybridized carbons (Fsp3) is 0.533. The quantitative estimate of drug-likeness (QED) is 0.599. The molecule has 3 fully saturated rings. The number of carbonyl (C=O) groups excluding carboxylic acids is 2. The Morgan fingerprint density at radius 1 is 1.03 bits per heavy atom. The molecule has 2 aliphatic heterocycles. The van der Waals surface area contributed by atoms with Gasteiger partial charge in [-0.05, 0) is 82.7 Å². The highest BCUT2D eigenvalue weighted by molar-refractivity contribution is 6.05. The molecule has 7 heteroatoms. The van der Waals surface area contributed by atoms with Crippen LogP contribution in [0.2, 0.25) is 0 Å². The summed E-state index contributed by atoms with van der Waals surface area (Å²) in [5, 5.41) is 7.27. The number of carbonyl (C=O) groups is 2. The summed E-state index contributed by atoms with van der Waals surface area (Å²) in [5.41, 5.74) is 4.97. The van der Waals surface area contributed by atoms with E-state index in [2.05, 4.69) is 47.1 Å². The van der Waals surface area contributed by atoms with Crippen molar-refractivity contribution in [2.75, 3.05) is 29.4 Å². The SMILES string of the molecule is CC1CN(C(=O)OC2CCC2)c2cc(C3=C(NC4CCNCC4)CC=CC=C3)ccc2N1C(=O)C1CC1. The lowest BCUT2D eigenvalue weighted by atomic mass is 9.96. The van der Waals surface area contributed by atoms with E-state index in [0.29, 0.717) is 12.6 Å². The summed E-state index contributed by atoms with van der Waals surface area (Å²) in [4.78, 5) is 30.3. The van der Waals surface area contributed by atoms with E-state index in [1.165, 1.54) is 5.70 Å². The Hall–Kier alpha value is -3.06. The Morgan fingerprint density at radius 2 is 1.84 bits per heavy atom. The number of amides is 2. The topological polar surface area (TPSA) is 73.9 Å². The van der Waals surface area contributed by atoms with Gasteiger partial charge in [-0.25, -0.2) is 4.79 Å². The maximum Gasteiger partial charge on any atom is 0.414 e. The van der Waals surface area contributed by atoms with Crippen LogP contribution >= 0.6 is 0 Å². The first-order valence-electron chi connectivity index (χ1n) is 14.1. The lowest BCUT2D eigenvalue weighted by Crippen LogP contribution is -2.53. The Morgan fingerprint density at radius 3 is 2.57 bits per heavy atom. The Kier molecular flexibility index (Phi) is 6.80. The van der Waals surface area contributed by atoms with E-state index < -0.39 is 0 Å². The van der Waals surface area contributed by atoms with Crippen LogP contribution in [0.5, 0.6) is 0 Å². The number of ether oxygens (including phenoxy) is 1. The second-order valence-corrected chi connectivity index (χ2v) is 11.1. The monoisotopic (exact) mass is 502 g/mol. The summed E-state index contributed by atoms with van der Waals surface area (Å²) < 4.78 is 5.84. The number of hydrogen-bond acceptors (Lipinski definition) is 5. The molecule has 2 heterocycles. The second kappa shape index (κ2) is 10.4. The van der Waals surface area contributed by atoms with E-state index in [1.54, 1.807) is 4.90 Å². The lowest BCUT2D eigenvalue weighted by Gasteiger charge is -2.41. The molecule has 3 aliphatic carbocycles. The maximum atomic E-state index is 13.3. The molecule has 1 saturated heterocycles. The highest BCUT2D eigenvalue weighted by atomic mass is 16.6. The molecule has 0 radical (unpaired) electrons. The molecule has 7 nitrogen and oxygen atoms in total. The van der Waals surface area contributed by atoms with Crippen LogP contribution in [0.15, 0.2) is 48.2 Å². The average Bonchev–Trinajstić information content (AvgIpc) is 3.74. The van der Waals surface area contributed by atoms with Crippen LogP contribution in [0, 0.1) is 5.92 Å². The van der Waals surface area contributed by atoms with E-state index in [-0.39, 0.29) is 30.1 Å². The van der Waals surface area contributed by atoms with Crippen molar-refractivity contribution in [2.45, 2.75) is 76.5 Å². The van der Waals surface area contributed by atoms with Crippen molar-refractivity contribution in [1.29, 1.82) is 0 Å². The number of hydrogen-bond donors (Lipinski definition) is 2. The minimum Gasteiger partial charge on any atom is -0.446 e. The molecule has 0 spiro atoms. The van der Waals surface area contributed by atoms with Crippen LogP contribution in [0.3, 0.4) is 0 Å². The van der Waals surface area contributed by atoms with E-state index in [1.807, 2.05) is 17.9 Å². The van der Waals surface area contributed by atoms with Gasteiger partial charge in [-0.3, -0.25) is 9.69 Å². The molecule has 0 aromatic heterocycles. The molecule has 0 bridgehead atoms. The third kappa shape index (κ3) is 5.06. The molecule has 1 aromatic carbocycles. The third-order valence-corrected chi connectivity index (χ3v) is 8.30. The molecule has 5 aliphatic rings. The minimum atomic E-state index is -0.298. The molecule has 1 unspecified atom stereocenters. The van der Waals surface area contributed by atoms with Crippen molar-refractivity contribution in [3.05, 3.63) is 53.8 Å². The zero-order chi connectivity index (χ0) is 25.4. The average molecular weight is 503 g/mol. The van der Waals surface area contributed by atoms with Gasteiger partial charge in [0.05, 0.1) is 17.4 Å². The number of nitrogens with zero attached hydrogens (tertiary/aromatic N) is 2. The van der Waals surface area contributed by atoms with Crippen molar-refractivity contribution >= 4 is 28.9 Å². The van der Waals surface area contributed by atoms with Crippen molar-refractivity contribution in [3.63, 3.8) is 0 Å². The van der Waals surface area contributed by atoms with E-state index in [0.717, 1.165) is 87.0 Å². The summed E-state index contributed by atoms with van der Waals surface area (Å²) in [6.45, 7) is 4.54. The maximum absolute atomic E-state index is 13.3. The first kappa shape index (κ1) is 24.3. The first-order chi connectivity index (χ1) is 18.1. The predicted octanol–water partition coefficient (Wildman–Crippen LogP) is 4.90. The number of benzene rings is 1. The lowest BCUT2D eigenvalue weighted by molar-refractivity contribution is -0.120. The third-order valence-electron chi connectivity index (χ3n) is 8.30. The van der Waals surface area contributed by atoms with Gasteiger partial charge >= 0.3 is 6.09 Å². The number of nitrogens with one attached hydrogen (secondary N) is 2. The van der Waals surface area contributed by atoms with Crippen LogP contribution in [0.1, 0.15) is 63.9 Å². The van der Waals surface area contributed by atoms with E-state index >= 15 is 0 Å². The van der Waals surface area contributed by atoms with Crippen LogP contribution in [-0.2, 0) is 9.53 Å². The molecule has 196 valence electrons. The van der Waals surface area contributed by atoms with Gasteiger partial charge in [0, 0.05) is 36.2 Å². The zero-order valence-corrected chi connectivity index (χ0v) is 21.7. The van der Waals surface area contributed by atoms with Crippen molar-refractivity contribution in [1.82, 2.24) is 10.6 Å². The highest BCUT2D eigenvalue weighted by Crippen LogP contribution is 2.42. The number of piperidine rings is 1. The number of anilines is 2. The number of allylic oxidation sites excluding steroid dienone is 5. The Labute approximate surface area is 219 Å². The summed E-state index contributed by atoms with van der Waals surface area (Å²) in [7, 11) is 0. The molecule has 2 saturated carbocycles. The number of rotatable bonds is 5. The zero-order valence-electron chi connectivity index (χ0n) is 21.7. The highest BCUT2D eigenvalue weighted by Gasteiger charge is 2.42. The van der Waals surface area contributed by atoms with Gasteiger partial charge in [-0.1, -0.05) is 30.4 Å². The van der Waals surface area contributed by atoms with Crippen molar-refractivity contribution < 1.29 is 14.3 Å². The summed E-state index contributed by atoms with van der Waals surface area (Å²) >= 11 is 0. The summed E-state index contributed by atoms with van der Waals surface area (Å²) in [5.74, 6) is 0.294. The van der Waals surface area contributed by atoms with Crippen molar-refractivity contribution in [2.24, 2.45) is 5.92 Å². The van der Waals surface area contributed by atoms with Gasteiger partial charge in [0.2, 0.25) is 5.91 Å². The second-order valence-electron chi connectivity index (χ2n) is 11.1. The fourth-order valence-corrected chi connectivity index (χ4v) is 5.77. The van der Waals surface area contributed by atoms with Gasteiger partial charge in [0.25, 0.3) is 0 Å². The van der Waals surface area contributed by atoms with Crippen LogP contribution < -0.4 is 20.4 Å². The van der Waals surface area contributed by atoms with E-state index in [4.69, 9.17) is 4.74 Å². The minimum absolute atomic E-state index is 0.0138. The normalized spacial score (nSPS) is 24.4. The molecular weight excluding hydrogens is 464 g/mol. The van der Waals surface area contributed by atoms with Crippen LogP contribution in [0.4, 0.5) is 16.2 Å². The van der Waals surface area contributed by atoms with Gasteiger partial charge in [0.1, 0.15) is 6.10 Å². The molecule has 6 rings (SSSR count). The molecular formula is C30H38N4O3. The fourth-order valence-electron chi connectivity index (χ4n) is 5.77. The van der Waals surface area contributed by atoms with Gasteiger partial charge < -0.3 is 20.3 Å². The summed E-state index contributed by atoms with van der Waals surface area (Å²) in [6, 6.07) is 6.58. The van der Waals surface area contributed by atoms with Gasteiger partial charge in [-0.15, -0.1) is 0 Å². The first-order valence-corrected chi connectivity index (χ1v) is 14.1. The van der Waals surface area contributed by atoms with Gasteiger partial charge in [0.15, 0.2) is 0 Å². The van der Waals surface area contributed by atoms with Crippen LogP contribution in [0.25, 0.3) is 5.57 Å². The largest absolute Gasteiger partial charge is 0.446 e. The molecule has 37 heavy (non-hydrogen) atoms. The molecule has 2 N–H and O–H groups in total. The van der Waals surface area contributed by atoms with Crippen molar-refractivity contribution in [3.8, 4) is 0 Å². The predicted molar refractivity (Wildman–Crippen MR) is 146 cm³/mol. The molecule has 1 aromatic rings. The number of fused-ring (bicyclic) bond motifs is 1. The Bertz CT molecular complexity index is 1140. The molecule has 2 amide bonds. The standard InChI is InChI=1S/C30H38N4O3/c1-20-19-33(30(36)37-24-6-5-7-24)28-18-22(12-13-27(28)34(20)29(35)21-10-11-21)25-8-3-2-4-9-26(25)32-23-14-16-31-17-15-23/h2-4,8,12-13,18,20-21,23-24,31-32H,5-7,9-11,14-17,19H2,1H3. The Balaban J connectivity index is 1.38. The van der Waals surface area contributed by atoms with E-state index in [9.17, 15) is 9.59 Å². The van der Waals surface area contributed by atoms with Crippen LogP contribution in [-0.4, -0.2) is 49.8 Å². The molecule has 1 atom stereocenters. The van der Waals surface area contributed by atoms with Gasteiger partial charge in [-0.2, -0.15) is 0 Å². The summed E-state index contributed by atoms with van der Waals surface area (Å²) in [6.07, 6.45) is 16.2.